The number of carbonyl (C=O) groups is 1. The van der Waals surface area contributed by atoms with Gasteiger partial charge >= 0.3 is 0 Å². The number of ether oxygens (including phenoxy) is 2. The van der Waals surface area contributed by atoms with E-state index in [4.69, 9.17) is 15.2 Å². The van der Waals surface area contributed by atoms with Crippen LogP contribution in [0.5, 0.6) is 0 Å². The number of halogens is 1. The monoisotopic (exact) mass is 591 g/mol. The van der Waals surface area contributed by atoms with Crippen LogP contribution in [0.25, 0.3) is 0 Å². The van der Waals surface area contributed by atoms with Gasteiger partial charge in [0.25, 0.3) is 0 Å². The van der Waals surface area contributed by atoms with Gasteiger partial charge in [-0.1, -0.05) is 38.5 Å². The molecule has 0 aliphatic carbocycles. The number of nitrogen functional groups attached to an aromatic ring is 1. The average Bonchev–Trinajstić information content (AvgIpc) is 3.42. The van der Waals surface area contributed by atoms with Crippen molar-refractivity contribution in [3.8, 4) is 0 Å². The second-order valence-corrected chi connectivity index (χ2v) is 18.2. The molecule has 8 nitrogen and oxygen atoms in total. The Bertz CT molecular complexity index is 1060. The van der Waals surface area contributed by atoms with Crippen LogP contribution in [0.3, 0.4) is 0 Å². The maximum atomic E-state index is 14.0. The summed E-state index contributed by atoms with van der Waals surface area (Å²) in [6.07, 6.45) is 6.61. The van der Waals surface area contributed by atoms with Crippen LogP contribution in [0.4, 0.5) is 5.82 Å². The molecule has 0 bridgehead atoms. The van der Waals surface area contributed by atoms with Gasteiger partial charge < -0.3 is 20.1 Å². The number of rotatable bonds is 12. The van der Waals surface area contributed by atoms with Crippen LogP contribution in [0, 0.1) is 5.41 Å². The molecule has 1 amide bonds. The summed E-state index contributed by atoms with van der Waals surface area (Å²) in [5.41, 5.74) is 9.02. The smallest absolute Gasteiger partial charge is 0.229 e. The van der Waals surface area contributed by atoms with E-state index >= 15 is 0 Å². The number of nitrogens with zero attached hydrogens (tertiary/aromatic N) is 4. The highest BCUT2D eigenvalue weighted by molar-refractivity contribution is 9.10. The Morgan fingerprint density at radius 2 is 1.97 bits per heavy atom. The Hall–Kier alpha value is -1.75. The Morgan fingerprint density at radius 1 is 1.19 bits per heavy atom. The first-order valence-electron chi connectivity index (χ1n) is 13.6. The number of unbranched alkanes of at least 4 members (excludes halogenated alkanes) is 2. The molecule has 1 fully saturated rings. The van der Waals surface area contributed by atoms with Crippen molar-refractivity contribution in [3.63, 3.8) is 0 Å². The van der Waals surface area contributed by atoms with E-state index in [1.54, 1.807) is 0 Å². The third-order valence-corrected chi connectivity index (χ3v) is 9.79. The number of fused-ring (bicyclic) bond motifs is 1. The fourth-order valence-electron chi connectivity index (χ4n) is 5.32. The van der Waals surface area contributed by atoms with Gasteiger partial charge in [0.1, 0.15) is 11.3 Å². The molecule has 0 unspecified atom stereocenters. The Kier molecular flexibility index (Phi) is 9.47. The van der Waals surface area contributed by atoms with Crippen LogP contribution in [-0.2, 0) is 40.5 Å². The Labute approximate surface area is 230 Å². The minimum absolute atomic E-state index is 0.242. The molecular weight excluding hydrogens is 550 g/mol. The van der Waals surface area contributed by atoms with E-state index in [1.165, 1.54) is 0 Å². The van der Waals surface area contributed by atoms with E-state index in [1.807, 2.05) is 21.7 Å². The van der Waals surface area contributed by atoms with Crippen LogP contribution >= 0.6 is 15.9 Å². The number of aryl methyl sites for hydroxylation is 1. The first-order valence-corrected chi connectivity index (χ1v) is 18.1. The van der Waals surface area contributed by atoms with Crippen molar-refractivity contribution in [1.29, 1.82) is 0 Å². The zero-order chi connectivity index (χ0) is 26.5. The zero-order valence-electron chi connectivity index (χ0n) is 22.6. The Morgan fingerprint density at radius 3 is 2.70 bits per heavy atom. The van der Waals surface area contributed by atoms with Crippen LogP contribution in [0.15, 0.2) is 22.8 Å². The third kappa shape index (κ3) is 7.43. The van der Waals surface area contributed by atoms with Crippen molar-refractivity contribution in [3.05, 3.63) is 39.8 Å². The number of hydrogen-bond donors (Lipinski definition) is 1. The first-order chi connectivity index (χ1) is 17.7. The second-order valence-electron chi connectivity index (χ2n) is 11.7. The molecule has 0 atom stereocenters. The Balaban J connectivity index is 1.33. The largest absolute Gasteiger partial charge is 0.382 e. The van der Waals surface area contributed by atoms with Gasteiger partial charge in [-0.25, -0.2) is 9.67 Å². The van der Waals surface area contributed by atoms with Gasteiger partial charge in [-0.05, 0) is 66.2 Å². The molecule has 2 N–H and O–H groups in total. The van der Waals surface area contributed by atoms with Gasteiger partial charge in [0.05, 0.1) is 24.2 Å². The highest BCUT2D eigenvalue weighted by Crippen LogP contribution is 2.41. The van der Waals surface area contributed by atoms with E-state index in [2.05, 4.69) is 51.7 Å². The zero-order valence-corrected chi connectivity index (χ0v) is 25.2. The summed E-state index contributed by atoms with van der Waals surface area (Å²) in [5.74, 6) is 0.757. The number of anilines is 1. The van der Waals surface area contributed by atoms with Crippen molar-refractivity contribution in [2.45, 2.75) is 90.5 Å². The highest BCUT2D eigenvalue weighted by atomic mass is 79.9. The normalized spacial score (nSPS) is 17.2. The van der Waals surface area contributed by atoms with Crippen molar-refractivity contribution in [2.24, 2.45) is 5.41 Å². The maximum Gasteiger partial charge on any atom is 0.229 e. The molecule has 0 aromatic carbocycles. The minimum Gasteiger partial charge on any atom is -0.382 e. The van der Waals surface area contributed by atoms with Crippen molar-refractivity contribution in [1.82, 2.24) is 19.7 Å². The van der Waals surface area contributed by atoms with Crippen molar-refractivity contribution >= 4 is 35.7 Å². The fourth-order valence-corrected chi connectivity index (χ4v) is 6.45. The van der Waals surface area contributed by atoms with Gasteiger partial charge in [0.2, 0.25) is 5.91 Å². The molecule has 1 saturated heterocycles. The van der Waals surface area contributed by atoms with Crippen LogP contribution in [0.1, 0.15) is 55.5 Å². The predicted molar refractivity (Wildman–Crippen MR) is 152 cm³/mol. The highest BCUT2D eigenvalue weighted by Gasteiger charge is 2.44. The molecule has 0 radical (unpaired) electrons. The molecule has 37 heavy (non-hydrogen) atoms. The average molecular weight is 593 g/mol. The minimum atomic E-state index is -1.15. The summed E-state index contributed by atoms with van der Waals surface area (Å²) in [6, 6.07) is 7.17. The summed E-state index contributed by atoms with van der Waals surface area (Å²) < 4.78 is 14.3. The van der Waals surface area contributed by atoms with Gasteiger partial charge in [-0.15, -0.1) is 0 Å². The molecule has 0 spiro atoms. The summed E-state index contributed by atoms with van der Waals surface area (Å²) in [4.78, 5) is 20.5. The molecule has 4 heterocycles. The standard InChI is InChI=1S/C27H42BrN5O3Si/c1-37(2,3)17-16-36-20-33-23-19-32(18-22(23)25(29)31-33)26(34)27(12-14-35-15-13-27)11-6-4-5-8-21-9-7-10-24(28)30-21/h7,9-10H,4-6,8,11-20H2,1-3H3,(H2,29,31). The fraction of sp³-hybridized carbons (Fsp3) is 0.667. The van der Waals surface area contributed by atoms with Crippen LogP contribution in [-0.4, -0.2) is 53.5 Å². The number of carbonyl (C=O) groups excluding carboxylic acids is 1. The van der Waals surface area contributed by atoms with E-state index in [0.717, 1.165) is 79.2 Å². The number of hydrogen-bond acceptors (Lipinski definition) is 6. The van der Waals surface area contributed by atoms with Gasteiger partial charge in [-0.3, -0.25) is 4.79 Å². The second kappa shape index (κ2) is 12.4. The molecule has 2 aromatic rings. The summed E-state index contributed by atoms with van der Waals surface area (Å²) in [7, 11) is -1.15. The molecule has 0 saturated carbocycles. The lowest BCUT2D eigenvalue weighted by atomic mass is 9.74. The predicted octanol–water partition coefficient (Wildman–Crippen LogP) is 5.38. The quantitative estimate of drug-likeness (QED) is 0.202. The molecule has 2 aliphatic rings. The summed E-state index contributed by atoms with van der Waals surface area (Å²) in [6.45, 7) is 10.5. The number of pyridine rings is 1. The van der Waals surface area contributed by atoms with E-state index in [9.17, 15) is 4.79 Å². The molecule has 2 aromatic heterocycles. The molecule has 4 rings (SSSR count). The summed E-state index contributed by atoms with van der Waals surface area (Å²) in [5, 5.41) is 4.51. The SMILES string of the molecule is C[Si](C)(C)CCOCn1nc(N)c2c1CN(C(=O)C1(CCCCCc3cccc(Br)n3)CCOCC1)C2. The summed E-state index contributed by atoms with van der Waals surface area (Å²) >= 11 is 3.45. The number of amides is 1. The van der Waals surface area contributed by atoms with E-state index < -0.39 is 8.07 Å². The lowest BCUT2D eigenvalue weighted by molar-refractivity contribution is -0.149. The van der Waals surface area contributed by atoms with E-state index in [-0.39, 0.29) is 11.3 Å². The van der Waals surface area contributed by atoms with Gasteiger partial charge in [0, 0.05) is 39.2 Å². The van der Waals surface area contributed by atoms with Crippen LogP contribution in [0.2, 0.25) is 25.7 Å². The molecule has 10 heteroatoms. The molecule has 2 aliphatic heterocycles. The lowest BCUT2D eigenvalue weighted by Crippen LogP contribution is -2.45. The maximum absolute atomic E-state index is 14.0. The van der Waals surface area contributed by atoms with Crippen molar-refractivity contribution in [2.75, 3.05) is 25.6 Å². The number of aromatic nitrogens is 3. The lowest BCUT2D eigenvalue weighted by Gasteiger charge is -2.38. The third-order valence-electron chi connectivity index (χ3n) is 7.65. The molecule has 204 valence electrons. The van der Waals surface area contributed by atoms with Crippen molar-refractivity contribution < 1.29 is 14.3 Å². The van der Waals surface area contributed by atoms with Gasteiger partial charge in [-0.2, -0.15) is 5.10 Å². The topological polar surface area (TPSA) is 95.5 Å². The van der Waals surface area contributed by atoms with Gasteiger partial charge in [0.15, 0.2) is 5.82 Å². The number of nitrogens with two attached hydrogens (primary N) is 1. The molecular formula is C27H42BrN5O3Si. The van der Waals surface area contributed by atoms with Crippen LogP contribution < -0.4 is 5.73 Å². The first kappa shape index (κ1) is 28.3. The van der Waals surface area contributed by atoms with E-state index in [0.29, 0.717) is 38.9 Å².